The summed E-state index contributed by atoms with van der Waals surface area (Å²) in [4.78, 5) is 23.9. The van der Waals surface area contributed by atoms with Gasteiger partial charge in [0.05, 0.1) is 5.69 Å². The Morgan fingerprint density at radius 2 is 1.97 bits per heavy atom. The first-order valence-electron chi connectivity index (χ1n) is 9.77. The first-order chi connectivity index (χ1) is 15.0. The molecule has 158 valence electrons. The summed E-state index contributed by atoms with van der Waals surface area (Å²) in [5, 5.41) is 8.98. The zero-order valence-corrected chi connectivity index (χ0v) is 16.9. The minimum atomic E-state index is -1.02. The lowest BCUT2D eigenvalue weighted by atomic mass is 10.1. The average Bonchev–Trinajstić information content (AvgIpc) is 3.42. The highest BCUT2D eigenvalue weighted by atomic mass is 16.7. The molecule has 0 aliphatic carbocycles. The molecule has 1 atom stereocenters. The van der Waals surface area contributed by atoms with Crippen LogP contribution in [-0.2, 0) is 11.3 Å². The summed E-state index contributed by atoms with van der Waals surface area (Å²) in [6.45, 7) is 2.14. The van der Waals surface area contributed by atoms with Gasteiger partial charge in [0.25, 0.3) is 0 Å². The number of ether oxygens (including phenoxy) is 3. The fourth-order valence-corrected chi connectivity index (χ4v) is 3.21. The first kappa shape index (κ1) is 20.3. The molecule has 3 aromatic rings. The Hall–Kier alpha value is -4.00. The quantitative estimate of drug-likeness (QED) is 0.555. The largest absolute Gasteiger partial charge is 0.479 e. The molecule has 1 unspecified atom stereocenters. The molecule has 1 N–H and O–H groups in total. The minimum Gasteiger partial charge on any atom is -0.479 e. The summed E-state index contributed by atoms with van der Waals surface area (Å²) in [5.74, 6) is 0.571. The number of aromatic nitrogens is 1. The third-order valence-electron chi connectivity index (χ3n) is 4.83. The first-order valence-corrected chi connectivity index (χ1v) is 9.77. The highest BCUT2D eigenvalue weighted by Gasteiger charge is 2.19. The van der Waals surface area contributed by atoms with Crippen molar-refractivity contribution in [2.75, 3.05) is 6.79 Å². The molecular weight excluding hydrogens is 398 g/mol. The van der Waals surface area contributed by atoms with Gasteiger partial charge < -0.3 is 23.9 Å². The van der Waals surface area contributed by atoms with E-state index in [1.165, 1.54) is 6.92 Å². The monoisotopic (exact) mass is 419 g/mol. The predicted molar refractivity (Wildman–Crippen MR) is 114 cm³/mol. The van der Waals surface area contributed by atoms with E-state index in [4.69, 9.17) is 19.3 Å². The molecule has 2 aromatic carbocycles. The van der Waals surface area contributed by atoms with Gasteiger partial charge in [0.2, 0.25) is 12.6 Å². The van der Waals surface area contributed by atoms with E-state index in [0.29, 0.717) is 35.1 Å². The molecule has 2 heterocycles. The number of hydrogen-bond acceptors (Lipinski definition) is 5. The number of rotatable bonds is 8. The normalized spacial score (nSPS) is 13.3. The van der Waals surface area contributed by atoms with Crippen LogP contribution >= 0.6 is 0 Å². The summed E-state index contributed by atoms with van der Waals surface area (Å²) >= 11 is 0. The van der Waals surface area contributed by atoms with Gasteiger partial charge in [0.15, 0.2) is 17.6 Å². The second-order valence-corrected chi connectivity index (χ2v) is 7.02. The van der Waals surface area contributed by atoms with Crippen molar-refractivity contribution < 1.29 is 28.9 Å². The number of ketones is 1. The van der Waals surface area contributed by atoms with Crippen LogP contribution in [0.2, 0.25) is 0 Å². The van der Waals surface area contributed by atoms with E-state index in [0.717, 1.165) is 5.56 Å². The SMILES string of the molecule is CC(Oc1cccc(C=CCn2cccc2C(=O)c2ccc3c(c2)OCO3)c1)C(=O)O. The van der Waals surface area contributed by atoms with Crippen LogP contribution in [0.1, 0.15) is 28.5 Å². The van der Waals surface area contributed by atoms with Gasteiger partial charge in [-0.25, -0.2) is 4.79 Å². The molecule has 7 nitrogen and oxygen atoms in total. The molecule has 31 heavy (non-hydrogen) atoms. The van der Waals surface area contributed by atoms with Crippen molar-refractivity contribution in [3.63, 3.8) is 0 Å². The van der Waals surface area contributed by atoms with Gasteiger partial charge in [0.1, 0.15) is 5.75 Å². The van der Waals surface area contributed by atoms with Crippen molar-refractivity contribution in [1.82, 2.24) is 4.57 Å². The van der Waals surface area contributed by atoms with E-state index in [1.807, 2.05) is 35.0 Å². The third kappa shape index (κ3) is 4.61. The van der Waals surface area contributed by atoms with Gasteiger partial charge in [-0.05, 0) is 55.0 Å². The summed E-state index contributed by atoms with van der Waals surface area (Å²) in [6, 6.07) is 15.9. The fraction of sp³-hybridized carbons (Fsp3) is 0.167. The molecule has 0 radical (unpaired) electrons. The molecule has 4 rings (SSSR count). The molecule has 1 aromatic heterocycles. The van der Waals surface area contributed by atoms with E-state index in [9.17, 15) is 9.59 Å². The highest BCUT2D eigenvalue weighted by molar-refractivity contribution is 6.08. The van der Waals surface area contributed by atoms with Gasteiger partial charge >= 0.3 is 5.97 Å². The maximum atomic E-state index is 13.0. The van der Waals surface area contributed by atoms with Crippen molar-refractivity contribution in [3.8, 4) is 17.2 Å². The van der Waals surface area contributed by atoms with Crippen molar-refractivity contribution in [3.05, 3.63) is 83.7 Å². The molecule has 1 aliphatic rings. The predicted octanol–water partition coefficient (Wildman–Crippen LogP) is 4.01. The number of hydrogen-bond donors (Lipinski definition) is 1. The molecular formula is C24H21NO6. The Kier molecular flexibility index (Phi) is 5.75. The number of carboxylic acids is 1. The van der Waals surface area contributed by atoms with Gasteiger partial charge in [-0.2, -0.15) is 0 Å². The van der Waals surface area contributed by atoms with Crippen molar-refractivity contribution in [1.29, 1.82) is 0 Å². The van der Waals surface area contributed by atoms with Gasteiger partial charge in [-0.15, -0.1) is 0 Å². The van der Waals surface area contributed by atoms with E-state index < -0.39 is 12.1 Å². The number of carbonyl (C=O) groups is 2. The minimum absolute atomic E-state index is 0.102. The summed E-state index contributed by atoms with van der Waals surface area (Å²) in [5.41, 5.74) is 1.97. The Bertz CT molecular complexity index is 1150. The van der Waals surface area contributed by atoms with Crippen LogP contribution in [0.4, 0.5) is 0 Å². The molecule has 0 saturated carbocycles. The molecule has 7 heteroatoms. The number of benzene rings is 2. The van der Waals surface area contributed by atoms with E-state index in [1.54, 1.807) is 42.5 Å². The number of allylic oxidation sites excluding steroid dienone is 1. The second kappa shape index (κ2) is 8.79. The molecule has 0 spiro atoms. The van der Waals surface area contributed by atoms with Crippen molar-refractivity contribution in [2.45, 2.75) is 19.6 Å². The molecule has 0 bridgehead atoms. The third-order valence-corrected chi connectivity index (χ3v) is 4.83. The zero-order chi connectivity index (χ0) is 21.8. The maximum absolute atomic E-state index is 13.0. The second-order valence-electron chi connectivity index (χ2n) is 7.02. The number of fused-ring (bicyclic) bond motifs is 1. The van der Waals surface area contributed by atoms with Crippen LogP contribution in [0.5, 0.6) is 17.2 Å². The molecule has 0 amide bonds. The summed E-state index contributed by atoms with van der Waals surface area (Å²) in [7, 11) is 0. The average molecular weight is 419 g/mol. The lowest BCUT2D eigenvalue weighted by Crippen LogP contribution is -2.22. The van der Waals surface area contributed by atoms with E-state index >= 15 is 0 Å². The number of carbonyl (C=O) groups excluding carboxylic acids is 1. The fourth-order valence-electron chi connectivity index (χ4n) is 3.21. The van der Waals surface area contributed by atoms with Crippen molar-refractivity contribution >= 4 is 17.8 Å². The van der Waals surface area contributed by atoms with E-state index in [2.05, 4.69) is 0 Å². The molecule has 1 aliphatic heterocycles. The van der Waals surface area contributed by atoms with Crippen LogP contribution in [-0.4, -0.2) is 34.3 Å². The maximum Gasteiger partial charge on any atom is 0.344 e. The Morgan fingerprint density at radius 1 is 1.13 bits per heavy atom. The van der Waals surface area contributed by atoms with Gasteiger partial charge in [-0.1, -0.05) is 24.3 Å². The Labute approximate surface area is 179 Å². The number of nitrogens with zero attached hydrogens (tertiary/aromatic N) is 1. The molecule has 0 saturated heterocycles. The van der Waals surface area contributed by atoms with Crippen LogP contribution in [0.15, 0.2) is 66.9 Å². The lowest BCUT2D eigenvalue weighted by molar-refractivity contribution is -0.144. The standard InChI is InChI=1S/C24H21NO6/c1-16(24(27)28)31-19-7-2-5-17(13-19)6-3-11-25-12-4-8-20(25)23(26)18-9-10-21-22(14-18)30-15-29-21/h2-10,12-14,16H,11,15H2,1H3,(H,27,28). The Balaban J connectivity index is 1.45. The van der Waals surface area contributed by atoms with Crippen LogP contribution in [0, 0.1) is 0 Å². The topological polar surface area (TPSA) is 87.0 Å². The number of carboxylic acid groups (broad SMARTS) is 1. The molecule has 0 fully saturated rings. The van der Waals surface area contributed by atoms with Crippen LogP contribution < -0.4 is 14.2 Å². The number of aliphatic carboxylic acids is 1. The van der Waals surface area contributed by atoms with Gasteiger partial charge in [-0.3, -0.25) is 4.79 Å². The zero-order valence-electron chi connectivity index (χ0n) is 16.9. The van der Waals surface area contributed by atoms with E-state index in [-0.39, 0.29) is 12.6 Å². The Morgan fingerprint density at radius 3 is 2.81 bits per heavy atom. The lowest BCUT2D eigenvalue weighted by Gasteiger charge is -2.10. The summed E-state index contributed by atoms with van der Waals surface area (Å²) in [6.07, 6.45) is 4.74. The van der Waals surface area contributed by atoms with Gasteiger partial charge in [0, 0.05) is 18.3 Å². The summed E-state index contributed by atoms with van der Waals surface area (Å²) < 4.78 is 17.9. The highest BCUT2D eigenvalue weighted by Crippen LogP contribution is 2.33. The smallest absolute Gasteiger partial charge is 0.344 e. The van der Waals surface area contributed by atoms with Crippen LogP contribution in [0.3, 0.4) is 0 Å². The van der Waals surface area contributed by atoms with Crippen LogP contribution in [0.25, 0.3) is 6.08 Å². The van der Waals surface area contributed by atoms with Crippen molar-refractivity contribution in [2.24, 2.45) is 0 Å².